The summed E-state index contributed by atoms with van der Waals surface area (Å²) < 4.78 is 10.1. The molecule has 5 heteroatoms. The third kappa shape index (κ3) is 1.81. The van der Waals surface area contributed by atoms with Crippen LogP contribution in [-0.2, 0) is 9.53 Å². The predicted molar refractivity (Wildman–Crippen MR) is 59.4 cm³/mol. The molecule has 1 fully saturated rings. The van der Waals surface area contributed by atoms with E-state index < -0.39 is 11.4 Å². The summed E-state index contributed by atoms with van der Waals surface area (Å²) in [5.41, 5.74) is 5.40. The zero-order valence-corrected chi connectivity index (χ0v) is 9.03. The number of benzene rings is 1. The number of rotatable bonds is 4. The molecular weight excluding hydrogens is 208 g/mol. The molecule has 1 aromatic rings. The molecule has 3 N–H and O–H groups in total. The topological polar surface area (TPSA) is 73.6 Å². The van der Waals surface area contributed by atoms with Gasteiger partial charge in [0, 0.05) is 5.69 Å². The molecule has 0 saturated carbocycles. The highest BCUT2D eigenvalue weighted by Gasteiger charge is 2.44. The Labute approximate surface area is 93.5 Å². The zero-order valence-electron chi connectivity index (χ0n) is 9.03. The maximum absolute atomic E-state index is 11.3. The average molecular weight is 222 g/mol. The maximum Gasteiger partial charge on any atom is 0.247 e. The van der Waals surface area contributed by atoms with E-state index in [9.17, 15) is 4.79 Å². The summed E-state index contributed by atoms with van der Waals surface area (Å²) in [6.45, 7) is 0.628. The molecule has 86 valence electrons. The molecule has 5 nitrogen and oxygen atoms in total. The minimum Gasteiger partial charge on any atom is -0.497 e. The van der Waals surface area contributed by atoms with Crippen molar-refractivity contribution in [3.8, 4) is 5.75 Å². The summed E-state index contributed by atoms with van der Waals surface area (Å²) >= 11 is 0. The van der Waals surface area contributed by atoms with Crippen molar-refractivity contribution in [3.05, 3.63) is 24.3 Å². The normalized spacial score (nSPS) is 17.3. The van der Waals surface area contributed by atoms with E-state index in [2.05, 4.69) is 5.32 Å². The van der Waals surface area contributed by atoms with Crippen LogP contribution in [0, 0.1) is 0 Å². The van der Waals surface area contributed by atoms with Crippen molar-refractivity contribution in [1.29, 1.82) is 0 Å². The Balaban J connectivity index is 2.10. The third-order valence-electron chi connectivity index (χ3n) is 2.64. The first kappa shape index (κ1) is 10.8. The summed E-state index contributed by atoms with van der Waals surface area (Å²) in [5, 5.41) is 3.09. The van der Waals surface area contributed by atoms with Crippen LogP contribution >= 0.6 is 0 Å². The van der Waals surface area contributed by atoms with Crippen molar-refractivity contribution in [3.63, 3.8) is 0 Å². The smallest absolute Gasteiger partial charge is 0.247 e. The second-order valence-electron chi connectivity index (χ2n) is 3.79. The van der Waals surface area contributed by atoms with Crippen molar-refractivity contribution in [1.82, 2.24) is 0 Å². The zero-order chi connectivity index (χ0) is 11.6. The van der Waals surface area contributed by atoms with Crippen LogP contribution in [0.4, 0.5) is 5.69 Å². The fraction of sp³-hybridized carbons (Fsp3) is 0.364. The molecular formula is C11H14N2O3. The van der Waals surface area contributed by atoms with Crippen LogP contribution in [0.25, 0.3) is 0 Å². The van der Waals surface area contributed by atoms with Gasteiger partial charge < -0.3 is 20.5 Å². The van der Waals surface area contributed by atoms with Crippen LogP contribution in [-0.4, -0.2) is 31.8 Å². The van der Waals surface area contributed by atoms with E-state index in [0.29, 0.717) is 13.2 Å². The molecule has 0 atom stereocenters. The van der Waals surface area contributed by atoms with E-state index in [0.717, 1.165) is 11.4 Å². The highest BCUT2D eigenvalue weighted by atomic mass is 16.5. The van der Waals surface area contributed by atoms with E-state index in [-0.39, 0.29) is 0 Å². The number of nitrogens with two attached hydrogens (primary N) is 1. The minimum atomic E-state index is -0.755. The largest absolute Gasteiger partial charge is 0.497 e. The van der Waals surface area contributed by atoms with E-state index in [4.69, 9.17) is 15.2 Å². The van der Waals surface area contributed by atoms with Gasteiger partial charge in [-0.3, -0.25) is 4.79 Å². The van der Waals surface area contributed by atoms with Gasteiger partial charge in [0.2, 0.25) is 5.91 Å². The molecule has 0 aliphatic carbocycles. The molecule has 1 aliphatic rings. The van der Waals surface area contributed by atoms with E-state index >= 15 is 0 Å². The highest BCUT2D eigenvalue weighted by molar-refractivity contribution is 5.89. The first-order valence-electron chi connectivity index (χ1n) is 4.96. The predicted octanol–water partition coefficient (Wildman–Crippen LogP) is 0.361. The molecule has 0 radical (unpaired) electrons. The first-order valence-corrected chi connectivity index (χ1v) is 4.96. The number of hydrogen-bond donors (Lipinski definition) is 2. The summed E-state index contributed by atoms with van der Waals surface area (Å²) in [6, 6.07) is 7.30. The van der Waals surface area contributed by atoms with Gasteiger partial charge in [-0.15, -0.1) is 0 Å². The number of carbonyl (C=O) groups excluding carboxylic acids is 1. The van der Waals surface area contributed by atoms with Crippen LogP contribution in [0.3, 0.4) is 0 Å². The Hall–Kier alpha value is -1.75. The molecule has 0 unspecified atom stereocenters. The van der Waals surface area contributed by atoms with Crippen molar-refractivity contribution < 1.29 is 14.3 Å². The molecule has 1 amide bonds. The van der Waals surface area contributed by atoms with Gasteiger partial charge in [-0.05, 0) is 24.3 Å². The molecule has 16 heavy (non-hydrogen) atoms. The highest BCUT2D eigenvalue weighted by Crippen LogP contribution is 2.24. The summed E-state index contributed by atoms with van der Waals surface area (Å²) in [7, 11) is 1.60. The van der Waals surface area contributed by atoms with Crippen LogP contribution in [0.2, 0.25) is 0 Å². The third-order valence-corrected chi connectivity index (χ3v) is 2.64. The quantitative estimate of drug-likeness (QED) is 0.771. The number of nitrogens with one attached hydrogen (secondary N) is 1. The van der Waals surface area contributed by atoms with Crippen LogP contribution in [0.5, 0.6) is 5.75 Å². The van der Waals surface area contributed by atoms with Crippen molar-refractivity contribution in [2.45, 2.75) is 5.54 Å². The lowest BCUT2D eigenvalue weighted by Crippen LogP contribution is -2.64. The second kappa shape index (κ2) is 4.02. The Morgan fingerprint density at radius 3 is 2.44 bits per heavy atom. The summed E-state index contributed by atoms with van der Waals surface area (Å²) in [4.78, 5) is 11.3. The number of methoxy groups -OCH3 is 1. The van der Waals surface area contributed by atoms with Gasteiger partial charge >= 0.3 is 0 Å². The van der Waals surface area contributed by atoms with E-state index in [1.807, 2.05) is 24.3 Å². The number of hydrogen-bond acceptors (Lipinski definition) is 4. The van der Waals surface area contributed by atoms with Gasteiger partial charge in [0.05, 0.1) is 20.3 Å². The Kier molecular flexibility index (Phi) is 2.70. The monoisotopic (exact) mass is 222 g/mol. The fourth-order valence-electron chi connectivity index (χ4n) is 1.53. The van der Waals surface area contributed by atoms with E-state index in [1.165, 1.54) is 0 Å². The van der Waals surface area contributed by atoms with Crippen LogP contribution in [0.15, 0.2) is 24.3 Å². The van der Waals surface area contributed by atoms with Crippen molar-refractivity contribution in [2.24, 2.45) is 5.73 Å². The Morgan fingerprint density at radius 2 is 2.06 bits per heavy atom. The maximum atomic E-state index is 11.3. The minimum absolute atomic E-state index is 0.314. The first-order chi connectivity index (χ1) is 7.66. The Bertz CT molecular complexity index is 385. The van der Waals surface area contributed by atoms with E-state index in [1.54, 1.807) is 7.11 Å². The molecule has 1 aromatic carbocycles. The van der Waals surface area contributed by atoms with Crippen molar-refractivity contribution in [2.75, 3.05) is 25.6 Å². The Morgan fingerprint density at radius 1 is 1.44 bits per heavy atom. The van der Waals surface area contributed by atoms with Gasteiger partial charge in [0.1, 0.15) is 5.75 Å². The van der Waals surface area contributed by atoms with Crippen LogP contribution in [0.1, 0.15) is 0 Å². The lowest BCUT2D eigenvalue weighted by atomic mass is 9.96. The molecule has 1 aliphatic heterocycles. The molecule has 1 heterocycles. The average Bonchev–Trinajstić information content (AvgIpc) is 2.24. The van der Waals surface area contributed by atoms with Crippen LogP contribution < -0.4 is 15.8 Å². The number of anilines is 1. The number of ether oxygens (including phenoxy) is 2. The molecule has 2 rings (SSSR count). The summed E-state index contributed by atoms with van der Waals surface area (Å²) in [5.74, 6) is 0.373. The standard InChI is InChI=1S/C11H14N2O3/c1-15-9-4-2-8(3-5-9)13-11(10(12)14)6-16-7-11/h2-5,13H,6-7H2,1H3,(H2,12,14). The SMILES string of the molecule is COc1ccc(NC2(C(N)=O)COC2)cc1. The second-order valence-corrected chi connectivity index (χ2v) is 3.79. The molecule has 1 saturated heterocycles. The molecule has 0 spiro atoms. The van der Waals surface area contributed by atoms with Gasteiger partial charge in [0.25, 0.3) is 0 Å². The van der Waals surface area contributed by atoms with Crippen molar-refractivity contribution >= 4 is 11.6 Å². The lowest BCUT2D eigenvalue weighted by Gasteiger charge is -2.39. The fourth-order valence-corrected chi connectivity index (χ4v) is 1.53. The van der Waals surface area contributed by atoms with Gasteiger partial charge in [-0.1, -0.05) is 0 Å². The van der Waals surface area contributed by atoms with Gasteiger partial charge in [-0.25, -0.2) is 0 Å². The number of carbonyl (C=O) groups is 1. The molecule has 0 aromatic heterocycles. The number of primary amides is 1. The lowest BCUT2D eigenvalue weighted by molar-refractivity contribution is -0.137. The van der Waals surface area contributed by atoms with Gasteiger partial charge in [0.15, 0.2) is 5.54 Å². The summed E-state index contributed by atoms with van der Waals surface area (Å²) in [6.07, 6.45) is 0. The van der Waals surface area contributed by atoms with Gasteiger partial charge in [-0.2, -0.15) is 0 Å². The number of amides is 1. The molecule has 0 bridgehead atoms.